The second-order valence-electron chi connectivity index (χ2n) is 6.37. The van der Waals surface area contributed by atoms with Gasteiger partial charge in [-0.1, -0.05) is 35.0 Å². The first kappa shape index (κ1) is 18.1. The van der Waals surface area contributed by atoms with Crippen LogP contribution < -0.4 is 5.32 Å². The molecule has 2 aromatic heterocycles. The van der Waals surface area contributed by atoms with E-state index < -0.39 is 11.7 Å². The van der Waals surface area contributed by atoms with E-state index in [1.807, 2.05) is 0 Å². The van der Waals surface area contributed by atoms with Crippen molar-refractivity contribution in [2.24, 2.45) is 0 Å². The maximum Gasteiger partial charge on any atom is 0.259 e. The molecule has 0 radical (unpaired) electrons. The van der Waals surface area contributed by atoms with Gasteiger partial charge in [-0.25, -0.2) is 4.39 Å². The highest BCUT2D eigenvalue weighted by atomic mass is 35.5. The van der Waals surface area contributed by atoms with Crippen LogP contribution in [-0.2, 0) is 0 Å². The number of halogens is 2. The molecule has 0 saturated carbocycles. The Kier molecular flexibility index (Phi) is 4.57. The lowest BCUT2D eigenvalue weighted by Crippen LogP contribution is -2.16. The topological polar surface area (TPSA) is 68.0 Å². The third-order valence-corrected chi connectivity index (χ3v) is 4.60. The lowest BCUT2D eigenvalue weighted by atomic mass is 9.93. The molecule has 0 fully saturated rings. The fraction of sp³-hybridized carbons (Fsp3) is 0.0952. The molecule has 0 atom stereocenters. The number of aryl methyl sites for hydroxylation is 2. The van der Waals surface area contributed by atoms with Crippen molar-refractivity contribution < 1.29 is 13.7 Å². The summed E-state index contributed by atoms with van der Waals surface area (Å²) in [5.74, 6) is -0.0727. The van der Waals surface area contributed by atoms with Gasteiger partial charge in [-0.15, -0.1) is 0 Å². The summed E-state index contributed by atoms with van der Waals surface area (Å²) >= 11 is 6.18. The van der Waals surface area contributed by atoms with E-state index in [1.54, 1.807) is 56.3 Å². The molecular weight excluding hydrogens is 381 g/mol. The molecule has 0 aliphatic heterocycles. The largest absolute Gasteiger partial charge is 0.360 e. The Hall–Kier alpha value is -3.25. The lowest BCUT2D eigenvalue weighted by Gasteiger charge is -2.16. The lowest BCUT2D eigenvalue weighted by molar-refractivity contribution is 0.102. The van der Waals surface area contributed by atoms with Crippen LogP contribution in [-0.4, -0.2) is 16.0 Å². The normalized spacial score (nSPS) is 11.0. The Bertz CT molecular complexity index is 1220. The van der Waals surface area contributed by atoms with Crippen LogP contribution in [0.3, 0.4) is 0 Å². The summed E-state index contributed by atoms with van der Waals surface area (Å²) in [7, 11) is 0. The van der Waals surface area contributed by atoms with E-state index in [4.69, 9.17) is 16.1 Å². The number of carbonyl (C=O) groups is 1. The number of fused-ring (bicyclic) bond motifs is 1. The van der Waals surface area contributed by atoms with E-state index >= 15 is 0 Å². The molecule has 5 nitrogen and oxygen atoms in total. The zero-order chi connectivity index (χ0) is 19.8. The van der Waals surface area contributed by atoms with Crippen LogP contribution in [0.25, 0.3) is 22.0 Å². The summed E-state index contributed by atoms with van der Waals surface area (Å²) in [5.41, 5.74) is 2.06. The minimum absolute atomic E-state index is 0.250. The van der Waals surface area contributed by atoms with Crippen molar-refractivity contribution in [1.29, 1.82) is 0 Å². The molecule has 0 aliphatic rings. The van der Waals surface area contributed by atoms with Gasteiger partial charge in [-0.2, -0.15) is 0 Å². The molecule has 0 aliphatic carbocycles. The Morgan fingerprint density at radius 1 is 1.14 bits per heavy atom. The van der Waals surface area contributed by atoms with Crippen LogP contribution in [0.5, 0.6) is 0 Å². The third-order valence-electron chi connectivity index (χ3n) is 4.37. The number of pyridine rings is 1. The molecule has 140 valence electrons. The van der Waals surface area contributed by atoms with Crippen molar-refractivity contribution in [2.45, 2.75) is 13.8 Å². The van der Waals surface area contributed by atoms with Crippen molar-refractivity contribution in [3.63, 3.8) is 0 Å². The van der Waals surface area contributed by atoms with E-state index in [1.165, 1.54) is 6.07 Å². The molecule has 4 aromatic rings. The average molecular weight is 396 g/mol. The van der Waals surface area contributed by atoms with Crippen molar-refractivity contribution in [2.75, 3.05) is 5.32 Å². The van der Waals surface area contributed by atoms with Crippen molar-refractivity contribution in [1.82, 2.24) is 10.1 Å². The molecule has 0 unspecified atom stereocenters. The fourth-order valence-corrected chi connectivity index (χ4v) is 3.36. The van der Waals surface area contributed by atoms with Gasteiger partial charge in [0.15, 0.2) is 5.82 Å². The number of nitrogens with one attached hydrogen (secondary N) is 1. The van der Waals surface area contributed by atoms with Crippen LogP contribution >= 0.6 is 11.6 Å². The van der Waals surface area contributed by atoms with Crippen LogP contribution in [0.2, 0.25) is 5.02 Å². The summed E-state index contributed by atoms with van der Waals surface area (Å²) in [4.78, 5) is 17.6. The maximum absolute atomic E-state index is 14.7. The first-order valence-corrected chi connectivity index (χ1v) is 8.91. The molecule has 2 aromatic carbocycles. The minimum atomic E-state index is -0.460. The van der Waals surface area contributed by atoms with Gasteiger partial charge < -0.3 is 9.84 Å². The van der Waals surface area contributed by atoms with Gasteiger partial charge >= 0.3 is 0 Å². The molecule has 4 rings (SSSR count). The maximum atomic E-state index is 14.7. The molecule has 2 heterocycles. The molecule has 28 heavy (non-hydrogen) atoms. The van der Waals surface area contributed by atoms with Gasteiger partial charge in [0.05, 0.1) is 16.8 Å². The van der Waals surface area contributed by atoms with Crippen molar-refractivity contribution >= 4 is 34.2 Å². The Balaban J connectivity index is 1.99. The molecule has 0 saturated heterocycles. The number of benzene rings is 2. The second kappa shape index (κ2) is 7.05. The minimum Gasteiger partial charge on any atom is -0.360 e. The standard InChI is InChI=1S/C21H15ClFN3O2/c1-11-9-18(26-28-11)25-21(27)19-12(2)24-17-8-7-13(22)10-15(17)20(19)14-5-3-4-6-16(14)23/h3-10H,1-2H3,(H,25,26,27). The Morgan fingerprint density at radius 2 is 1.93 bits per heavy atom. The van der Waals surface area contributed by atoms with Crippen LogP contribution in [0, 0.1) is 19.7 Å². The highest BCUT2D eigenvalue weighted by Gasteiger charge is 2.23. The molecule has 0 bridgehead atoms. The van der Waals surface area contributed by atoms with Crippen LogP contribution in [0.15, 0.2) is 53.1 Å². The summed E-state index contributed by atoms with van der Waals surface area (Å²) in [6.45, 7) is 3.43. The Morgan fingerprint density at radius 3 is 2.64 bits per heavy atom. The molecular formula is C21H15ClFN3O2. The zero-order valence-corrected chi connectivity index (χ0v) is 15.8. The summed E-state index contributed by atoms with van der Waals surface area (Å²) in [5, 5.41) is 7.53. The highest BCUT2D eigenvalue weighted by molar-refractivity contribution is 6.31. The van der Waals surface area contributed by atoms with E-state index in [2.05, 4.69) is 15.5 Å². The number of rotatable bonds is 3. The van der Waals surface area contributed by atoms with Gasteiger partial charge in [0.25, 0.3) is 5.91 Å². The summed E-state index contributed by atoms with van der Waals surface area (Å²) in [6.07, 6.45) is 0. The first-order valence-electron chi connectivity index (χ1n) is 8.53. The third kappa shape index (κ3) is 3.23. The molecule has 0 spiro atoms. The number of nitrogens with zero attached hydrogens (tertiary/aromatic N) is 2. The van der Waals surface area contributed by atoms with Crippen LogP contribution in [0.4, 0.5) is 10.2 Å². The quantitative estimate of drug-likeness (QED) is 0.493. The van der Waals surface area contributed by atoms with Gasteiger partial charge in [0.2, 0.25) is 0 Å². The number of hydrogen-bond acceptors (Lipinski definition) is 4. The highest BCUT2D eigenvalue weighted by Crippen LogP contribution is 2.36. The second-order valence-corrected chi connectivity index (χ2v) is 6.80. The van der Waals surface area contributed by atoms with Crippen molar-refractivity contribution in [3.8, 4) is 11.1 Å². The summed E-state index contributed by atoms with van der Waals surface area (Å²) < 4.78 is 19.7. The smallest absolute Gasteiger partial charge is 0.259 e. The predicted molar refractivity (Wildman–Crippen MR) is 106 cm³/mol. The van der Waals surface area contributed by atoms with E-state index in [0.717, 1.165) is 0 Å². The van der Waals surface area contributed by atoms with E-state index in [-0.39, 0.29) is 11.4 Å². The van der Waals surface area contributed by atoms with E-state index in [0.29, 0.717) is 38.5 Å². The van der Waals surface area contributed by atoms with Gasteiger partial charge in [0, 0.05) is 27.6 Å². The SMILES string of the molecule is Cc1cc(NC(=O)c2c(C)nc3ccc(Cl)cc3c2-c2ccccc2F)no1. The molecule has 1 amide bonds. The zero-order valence-electron chi connectivity index (χ0n) is 15.1. The fourth-order valence-electron chi connectivity index (χ4n) is 3.18. The number of carbonyl (C=O) groups excluding carboxylic acids is 1. The number of aromatic nitrogens is 2. The number of hydrogen-bond donors (Lipinski definition) is 1. The molecule has 1 N–H and O–H groups in total. The van der Waals surface area contributed by atoms with Gasteiger partial charge in [-0.3, -0.25) is 9.78 Å². The van der Waals surface area contributed by atoms with Gasteiger partial charge in [-0.05, 0) is 38.1 Å². The van der Waals surface area contributed by atoms with E-state index in [9.17, 15) is 9.18 Å². The first-order chi connectivity index (χ1) is 13.4. The predicted octanol–water partition coefficient (Wildman–Crippen LogP) is 5.55. The van der Waals surface area contributed by atoms with Crippen LogP contribution in [0.1, 0.15) is 21.8 Å². The van der Waals surface area contributed by atoms with Gasteiger partial charge in [0.1, 0.15) is 11.6 Å². The number of amides is 1. The summed E-state index contributed by atoms with van der Waals surface area (Å²) in [6, 6.07) is 13.0. The number of anilines is 1. The average Bonchev–Trinajstić information content (AvgIpc) is 3.06. The monoisotopic (exact) mass is 395 g/mol. The Labute approximate surface area is 165 Å². The molecule has 7 heteroatoms. The van der Waals surface area contributed by atoms with Crippen molar-refractivity contribution in [3.05, 3.63) is 76.4 Å².